The van der Waals surface area contributed by atoms with Gasteiger partial charge in [-0.15, -0.1) is 0 Å². The fraction of sp³-hybridized carbons (Fsp3) is 1.00. The van der Waals surface area contributed by atoms with Crippen molar-refractivity contribution in [3.63, 3.8) is 0 Å². The van der Waals surface area contributed by atoms with Crippen LogP contribution in [0.4, 0.5) is 0 Å². The van der Waals surface area contributed by atoms with E-state index < -0.39 is 11.0 Å². The summed E-state index contributed by atoms with van der Waals surface area (Å²) in [5.74, 6) is 0.592. The minimum Gasteiger partial charge on any atom is -0.330 e. The molecule has 3 nitrogen and oxygen atoms in total. The van der Waals surface area contributed by atoms with Crippen LogP contribution in [-0.4, -0.2) is 34.4 Å². The topological polar surface area (TPSA) is 46.3 Å². The van der Waals surface area contributed by atoms with Gasteiger partial charge in [-0.25, -0.2) is 8.51 Å². The first-order valence-corrected chi connectivity index (χ1v) is 4.54. The molecule has 54 valence electrons. The lowest BCUT2D eigenvalue weighted by molar-refractivity contribution is 0.218. The lowest BCUT2D eigenvalue weighted by Crippen LogP contribution is -2.49. The van der Waals surface area contributed by atoms with Gasteiger partial charge in [0.25, 0.3) is 0 Å². The van der Waals surface area contributed by atoms with Crippen LogP contribution in [0.25, 0.3) is 0 Å². The zero-order valence-electron chi connectivity index (χ0n) is 5.54. The Kier molecular flexibility index (Phi) is 2.21. The van der Waals surface area contributed by atoms with Crippen LogP contribution in [0.1, 0.15) is 0 Å². The Morgan fingerprint density at radius 1 is 1.78 bits per heavy atom. The van der Waals surface area contributed by atoms with Crippen molar-refractivity contribution in [2.45, 2.75) is 0 Å². The van der Waals surface area contributed by atoms with E-state index in [1.165, 1.54) is 0 Å². The first kappa shape index (κ1) is 7.18. The van der Waals surface area contributed by atoms with E-state index in [1.54, 1.807) is 6.26 Å². The maximum absolute atomic E-state index is 10.7. The second-order valence-corrected chi connectivity index (χ2v) is 3.74. The molecule has 0 radical (unpaired) electrons. The van der Waals surface area contributed by atoms with Gasteiger partial charge in [0.2, 0.25) is 0 Å². The molecule has 0 spiro atoms. The van der Waals surface area contributed by atoms with E-state index in [9.17, 15) is 4.21 Å². The van der Waals surface area contributed by atoms with Crippen LogP contribution >= 0.6 is 0 Å². The maximum atomic E-state index is 10.7. The summed E-state index contributed by atoms with van der Waals surface area (Å²) >= 11 is 0. The minimum atomic E-state index is -0.768. The van der Waals surface area contributed by atoms with Crippen molar-refractivity contribution in [1.82, 2.24) is 4.31 Å². The van der Waals surface area contributed by atoms with Crippen molar-refractivity contribution < 1.29 is 4.21 Å². The third-order valence-electron chi connectivity index (χ3n) is 1.62. The minimum absolute atomic E-state index is 0.592. The third-order valence-corrected chi connectivity index (χ3v) is 2.65. The molecule has 0 amide bonds. The summed E-state index contributed by atoms with van der Waals surface area (Å²) in [7, 11) is -0.768. The number of nitrogens with two attached hydrogens (primary N) is 1. The second-order valence-electron chi connectivity index (χ2n) is 2.37. The summed E-state index contributed by atoms with van der Waals surface area (Å²) in [6.07, 6.45) is 1.70. The van der Waals surface area contributed by atoms with Gasteiger partial charge in [-0.2, -0.15) is 0 Å². The van der Waals surface area contributed by atoms with Crippen LogP contribution in [0.3, 0.4) is 0 Å². The molecule has 0 bridgehead atoms. The highest BCUT2D eigenvalue weighted by Gasteiger charge is 2.27. The van der Waals surface area contributed by atoms with Gasteiger partial charge >= 0.3 is 0 Å². The fourth-order valence-electron chi connectivity index (χ4n) is 0.881. The molecule has 1 aliphatic rings. The SMILES string of the molecule is CS(=O)N1CC(CN)C1. The number of nitrogens with zero attached hydrogens (tertiary/aromatic N) is 1. The molecular weight excluding hydrogens is 136 g/mol. The van der Waals surface area contributed by atoms with Gasteiger partial charge in [-0.3, -0.25) is 0 Å². The maximum Gasteiger partial charge on any atom is 0.0910 e. The van der Waals surface area contributed by atoms with E-state index in [0.29, 0.717) is 5.92 Å². The molecule has 2 N–H and O–H groups in total. The van der Waals surface area contributed by atoms with Crippen LogP contribution in [-0.2, 0) is 11.0 Å². The lowest BCUT2D eigenvalue weighted by Gasteiger charge is -2.35. The molecule has 9 heavy (non-hydrogen) atoms. The molecule has 1 rings (SSSR count). The molecule has 1 aliphatic heterocycles. The predicted octanol–water partition coefficient (Wildman–Crippen LogP) is -0.830. The van der Waals surface area contributed by atoms with Crippen LogP contribution < -0.4 is 5.73 Å². The van der Waals surface area contributed by atoms with Crippen molar-refractivity contribution in [1.29, 1.82) is 0 Å². The van der Waals surface area contributed by atoms with Crippen molar-refractivity contribution in [3.8, 4) is 0 Å². The molecule has 0 saturated carbocycles. The van der Waals surface area contributed by atoms with E-state index in [1.807, 2.05) is 4.31 Å². The van der Waals surface area contributed by atoms with Gasteiger partial charge in [0.1, 0.15) is 0 Å². The highest BCUT2D eigenvalue weighted by molar-refractivity contribution is 7.81. The summed E-state index contributed by atoms with van der Waals surface area (Å²) in [6.45, 7) is 2.56. The highest BCUT2D eigenvalue weighted by Crippen LogP contribution is 2.14. The third kappa shape index (κ3) is 1.50. The summed E-state index contributed by atoms with van der Waals surface area (Å²) in [5.41, 5.74) is 5.37. The van der Waals surface area contributed by atoms with E-state index >= 15 is 0 Å². The molecule has 1 fully saturated rings. The van der Waals surface area contributed by atoms with Crippen LogP contribution in [0.2, 0.25) is 0 Å². The average molecular weight is 148 g/mol. The summed E-state index contributed by atoms with van der Waals surface area (Å²) in [4.78, 5) is 0. The number of rotatable bonds is 2. The van der Waals surface area contributed by atoms with E-state index in [4.69, 9.17) is 5.73 Å². The molecule has 1 saturated heterocycles. The van der Waals surface area contributed by atoms with E-state index in [-0.39, 0.29) is 0 Å². The number of hydrogen-bond donors (Lipinski definition) is 1. The smallest absolute Gasteiger partial charge is 0.0910 e. The molecule has 1 atom stereocenters. The Morgan fingerprint density at radius 3 is 2.67 bits per heavy atom. The number of hydrogen-bond acceptors (Lipinski definition) is 2. The molecular formula is C5H12N2OS. The summed E-state index contributed by atoms with van der Waals surface area (Å²) in [5, 5.41) is 0. The van der Waals surface area contributed by atoms with Crippen LogP contribution in [0.5, 0.6) is 0 Å². The first-order valence-electron chi connectivity index (χ1n) is 3.02. The van der Waals surface area contributed by atoms with Gasteiger partial charge in [-0.1, -0.05) is 0 Å². The van der Waals surface area contributed by atoms with E-state index in [2.05, 4.69) is 0 Å². The van der Waals surface area contributed by atoms with Gasteiger partial charge in [0.15, 0.2) is 0 Å². The zero-order chi connectivity index (χ0) is 6.85. The molecule has 4 heteroatoms. The molecule has 0 aromatic carbocycles. The van der Waals surface area contributed by atoms with Gasteiger partial charge in [-0.05, 0) is 12.5 Å². The Morgan fingerprint density at radius 2 is 2.33 bits per heavy atom. The Labute approximate surface area is 57.8 Å². The van der Waals surface area contributed by atoms with Crippen molar-refractivity contribution in [3.05, 3.63) is 0 Å². The average Bonchev–Trinajstić information content (AvgIpc) is 1.61. The largest absolute Gasteiger partial charge is 0.330 e. The quantitative estimate of drug-likeness (QED) is 0.555. The van der Waals surface area contributed by atoms with E-state index in [0.717, 1.165) is 19.6 Å². The summed E-state index contributed by atoms with van der Waals surface area (Å²) < 4.78 is 12.6. The molecule has 0 aliphatic carbocycles. The van der Waals surface area contributed by atoms with Crippen LogP contribution in [0, 0.1) is 5.92 Å². The van der Waals surface area contributed by atoms with Gasteiger partial charge in [0, 0.05) is 19.3 Å². The fourth-order valence-corrected chi connectivity index (χ4v) is 1.72. The Balaban J connectivity index is 2.19. The monoisotopic (exact) mass is 148 g/mol. The molecule has 0 aromatic heterocycles. The van der Waals surface area contributed by atoms with Gasteiger partial charge < -0.3 is 5.73 Å². The Hall–Kier alpha value is 0.0700. The normalized spacial score (nSPS) is 25.6. The van der Waals surface area contributed by atoms with Crippen LogP contribution in [0.15, 0.2) is 0 Å². The Bertz CT molecular complexity index is 122. The lowest BCUT2D eigenvalue weighted by atomic mass is 10.0. The molecule has 1 heterocycles. The van der Waals surface area contributed by atoms with Crippen molar-refractivity contribution in [2.24, 2.45) is 11.7 Å². The zero-order valence-corrected chi connectivity index (χ0v) is 6.36. The van der Waals surface area contributed by atoms with Crippen molar-refractivity contribution in [2.75, 3.05) is 25.9 Å². The van der Waals surface area contributed by atoms with Gasteiger partial charge in [0.05, 0.1) is 11.0 Å². The summed E-state index contributed by atoms with van der Waals surface area (Å²) in [6, 6.07) is 0. The predicted molar refractivity (Wildman–Crippen MR) is 38.2 cm³/mol. The highest BCUT2D eigenvalue weighted by atomic mass is 32.2. The standard InChI is InChI=1S/C5H12N2OS/c1-9(8)7-3-5(2-6)4-7/h5H,2-4,6H2,1H3. The first-order chi connectivity index (χ1) is 4.24. The molecule has 1 unspecified atom stereocenters. The van der Waals surface area contributed by atoms with Crippen molar-refractivity contribution >= 4 is 11.0 Å². The molecule has 0 aromatic rings. The second kappa shape index (κ2) is 2.77.